The molecule has 0 aliphatic carbocycles. The molecule has 0 unspecified atom stereocenters. The number of rotatable bonds is 7. The highest BCUT2D eigenvalue weighted by atomic mass is 16.7. The van der Waals surface area contributed by atoms with Gasteiger partial charge in [-0.25, -0.2) is 4.79 Å². The molecule has 172 valence electrons. The average Bonchev–Trinajstić information content (AvgIpc) is 3.40. The topological polar surface area (TPSA) is 85.2 Å². The van der Waals surface area contributed by atoms with E-state index in [9.17, 15) is 9.59 Å². The third kappa shape index (κ3) is 4.11. The Balaban J connectivity index is 1.52. The van der Waals surface area contributed by atoms with Gasteiger partial charge in [0.25, 0.3) is 0 Å². The lowest BCUT2D eigenvalue weighted by molar-refractivity contribution is 0.0474. The smallest absolute Gasteiger partial charge is 0.338 e. The predicted octanol–water partition coefficient (Wildman–Crippen LogP) is 4.19. The molecule has 0 amide bonds. The molecule has 4 rings (SSSR count). The summed E-state index contributed by atoms with van der Waals surface area (Å²) in [5.74, 6) is 1.42. The molecule has 1 aliphatic rings. The van der Waals surface area contributed by atoms with Crippen molar-refractivity contribution in [2.45, 2.75) is 20.8 Å². The number of carbonyl (C=O) groups excluding carboxylic acids is 2. The second kappa shape index (κ2) is 8.90. The fourth-order valence-corrected chi connectivity index (χ4v) is 3.96. The van der Waals surface area contributed by atoms with Crippen molar-refractivity contribution in [3.63, 3.8) is 0 Å². The Hall–Kier alpha value is -3.94. The summed E-state index contributed by atoms with van der Waals surface area (Å²) in [5, 5.41) is 0. The van der Waals surface area contributed by atoms with Gasteiger partial charge in [0, 0.05) is 34.3 Å². The second-order valence-electron chi connectivity index (χ2n) is 7.66. The highest BCUT2D eigenvalue weighted by Gasteiger charge is 2.21. The van der Waals surface area contributed by atoms with Crippen LogP contribution in [0.4, 0.5) is 0 Å². The van der Waals surface area contributed by atoms with Crippen molar-refractivity contribution in [3.8, 4) is 28.7 Å². The molecule has 3 aromatic rings. The van der Waals surface area contributed by atoms with Crippen molar-refractivity contribution in [3.05, 3.63) is 64.5 Å². The van der Waals surface area contributed by atoms with Crippen LogP contribution in [0.25, 0.3) is 5.69 Å². The van der Waals surface area contributed by atoms with Gasteiger partial charge >= 0.3 is 5.97 Å². The van der Waals surface area contributed by atoms with Gasteiger partial charge in [0.2, 0.25) is 12.6 Å². The molecule has 0 N–H and O–H groups in total. The van der Waals surface area contributed by atoms with Crippen molar-refractivity contribution >= 4 is 11.8 Å². The van der Waals surface area contributed by atoms with E-state index in [4.69, 9.17) is 23.7 Å². The zero-order chi connectivity index (χ0) is 23.7. The molecule has 0 radical (unpaired) electrons. The van der Waals surface area contributed by atoms with Crippen molar-refractivity contribution in [1.29, 1.82) is 0 Å². The Morgan fingerprint density at radius 3 is 2.27 bits per heavy atom. The molecule has 2 aromatic carbocycles. The van der Waals surface area contributed by atoms with E-state index in [1.807, 2.05) is 43.5 Å². The van der Waals surface area contributed by atoms with Crippen LogP contribution in [0.15, 0.2) is 36.4 Å². The Bertz CT molecular complexity index is 1220. The first-order chi connectivity index (χ1) is 15.8. The molecule has 0 fully saturated rings. The molecule has 33 heavy (non-hydrogen) atoms. The lowest BCUT2D eigenvalue weighted by Crippen LogP contribution is -2.15. The second-order valence-corrected chi connectivity index (χ2v) is 7.66. The molecule has 1 aromatic heterocycles. The van der Waals surface area contributed by atoms with Crippen LogP contribution in [0, 0.1) is 20.8 Å². The first kappa shape index (κ1) is 22.3. The molecule has 0 spiro atoms. The number of hydrogen-bond donors (Lipinski definition) is 0. The van der Waals surface area contributed by atoms with Gasteiger partial charge in [0.05, 0.1) is 19.8 Å². The molecule has 0 atom stereocenters. The SMILES string of the molecule is COc1cc(C(=O)OCC(=O)c2cc(C)n(-c3ccc4c(c3)OCO4)c2C)cc(OC)c1C. The summed E-state index contributed by atoms with van der Waals surface area (Å²) < 4.78 is 28.7. The number of fused-ring (bicyclic) bond motifs is 1. The van der Waals surface area contributed by atoms with Crippen LogP contribution in [-0.4, -0.2) is 43.9 Å². The van der Waals surface area contributed by atoms with Crippen LogP contribution in [0.1, 0.15) is 37.7 Å². The number of carbonyl (C=O) groups is 2. The third-order valence-electron chi connectivity index (χ3n) is 5.67. The minimum atomic E-state index is -0.635. The molecule has 8 heteroatoms. The largest absolute Gasteiger partial charge is 0.496 e. The Morgan fingerprint density at radius 2 is 1.61 bits per heavy atom. The lowest BCUT2D eigenvalue weighted by Gasteiger charge is -2.12. The minimum absolute atomic E-state index is 0.191. The number of ether oxygens (including phenoxy) is 5. The zero-order valence-electron chi connectivity index (χ0n) is 19.2. The summed E-state index contributed by atoms with van der Waals surface area (Å²) in [4.78, 5) is 25.5. The molecule has 0 saturated heterocycles. The van der Waals surface area contributed by atoms with Crippen molar-refractivity contribution in [2.24, 2.45) is 0 Å². The van der Waals surface area contributed by atoms with Crippen molar-refractivity contribution in [2.75, 3.05) is 27.6 Å². The monoisotopic (exact) mass is 451 g/mol. The average molecular weight is 451 g/mol. The molecule has 0 saturated carbocycles. The quantitative estimate of drug-likeness (QED) is 0.393. The normalized spacial score (nSPS) is 11.9. The zero-order valence-corrected chi connectivity index (χ0v) is 19.2. The predicted molar refractivity (Wildman–Crippen MR) is 120 cm³/mol. The van der Waals surface area contributed by atoms with E-state index in [-0.39, 0.29) is 24.7 Å². The van der Waals surface area contributed by atoms with Crippen molar-refractivity contribution < 1.29 is 33.3 Å². The summed E-state index contributed by atoms with van der Waals surface area (Å²) in [6, 6.07) is 10.5. The number of ketones is 1. The molecule has 0 bridgehead atoms. The number of Topliss-reactive ketones (excluding diaryl/α,β-unsaturated/α-hetero) is 1. The maximum absolute atomic E-state index is 12.9. The Morgan fingerprint density at radius 1 is 0.939 bits per heavy atom. The summed E-state index contributed by atoms with van der Waals surface area (Å²) >= 11 is 0. The van der Waals surface area contributed by atoms with Gasteiger partial charge in [-0.3, -0.25) is 4.79 Å². The fraction of sp³-hybridized carbons (Fsp3) is 0.280. The standard InChI is InChI=1S/C25H25NO7/c1-14-8-19(16(3)26(14)18-6-7-21-24(11-18)33-13-32-21)20(27)12-31-25(28)17-9-22(29-4)15(2)23(10-17)30-5/h6-11H,12-13H2,1-5H3. The van der Waals surface area contributed by atoms with Gasteiger partial charge in [-0.15, -0.1) is 0 Å². The summed E-state index contributed by atoms with van der Waals surface area (Å²) in [6.45, 7) is 5.39. The van der Waals surface area contributed by atoms with E-state index < -0.39 is 5.97 Å². The number of esters is 1. The van der Waals surface area contributed by atoms with E-state index in [2.05, 4.69) is 0 Å². The van der Waals surface area contributed by atoms with E-state index in [0.29, 0.717) is 28.6 Å². The Kier molecular flexibility index (Phi) is 6.00. The molecule has 8 nitrogen and oxygen atoms in total. The first-order valence-corrected chi connectivity index (χ1v) is 10.4. The van der Waals surface area contributed by atoms with E-state index in [0.717, 1.165) is 22.6 Å². The molecular weight excluding hydrogens is 426 g/mol. The Labute approximate surface area is 191 Å². The van der Waals surface area contributed by atoms with Gasteiger partial charge in [0.1, 0.15) is 11.5 Å². The number of hydrogen-bond acceptors (Lipinski definition) is 7. The number of methoxy groups -OCH3 is 2. The molecule has 1 aliphatic heterocycles. The summed E-state index contributed by atoms with van der Waals surface area (Å²) in [6.07, 6.45) is 0. The van der Waals surface area contributed by atoms with Gasteiger partial charge in [-0.1, -0.05) is 0 Å². The van der Waals surface area contributed by atoms with Gasteiger partial charge < -0.3 is 28.3 Å². The van der Waals surface area contributed by atoms with E-state index in [1.54, 1.807) is 18.2 Å². The number of benzene rings is 2. The van der Waals surface area contributed by atoms with Crippen LogP contribution in [0.5, 0.6) is 23.0 Å². The lowest BCUT2D eigenvalue weighted by atomic mass is 10.1. The maximum atomic E-state index is 12.9. The van der Waals surface area contributed by atoms with E-state index >= 15 is 0 Å². The highest BCUT2D eigenvalue weighted by Crippen LogP contribution is 2.35. The number of aryl methyl sites for hydroxylation is 1. The first-order valence-electron chi connectivity index (χ1n) is 10.4. The van der Waals surface area contributed by atoms with Crippen LogP contribution in [0.3, 0.4) is 0 Å². The van der Waals surface area contributed by atoms with Crippen LogP contribution in [-0.2, 0) is 4.74 Å². The van der Waals surface area contributed by atoms with E-state index in [1.165, 1.54) is 14.2 Å². The third-order valence-corrected chi connectivity index (χ3v) is 5.67. The van der Waals surface area contributed by atoms with Crippen molar-refractivity contribution in [1.82, 2.24) is 4.57 Å². The molecular formula is C25H25NO7. The fourth-order valence-electron chi connectivity index (χ4n) is 3.96. The van der Waals surface area contributed by atoms with Gasteiger partial charge in [0.15, 0.2) is 18.1 Å². The molecule has 2 heterocycles. The number of aromatic nitrogens is 1. The number of nitrogens with zero attached hydrogens (tertiary/aromatic N) is 1. The summed E-state index contributed by atoms with van der Waals surface area (Å²) in [7, 11) is 3.02. The van der Waals surface area contributed by atoms with Gasteiger partial charge in [-0.05, 0) is 51.1 Å². The minimum Gasteiger partial charge on any atom is -0.496 e. The highest BCUT2D eigenvalue weighted by molar-refractivity contribution is 6.00. The summed E-state index contributed by atoms with van der Waals surface area (Å²) in [5.41, 5.74) is 3.96. The maximum Gasteiger partial charge on any atom is 0.338 e. The van der Waals surface area contributed by atoms with Crippen LogP contribution >= 0.6 is 0 Å². The van der Waals surface area contributed by atoms with Gasteiger partial charge in [-0.2, -0.15) is 0 Å². The van der Waals surface area contributed by atoms with Crippen LogP contribution in [0.2, 0.25) is 0 Å². The van der Waals surface area contributed by atoms with Crippen LogP contribution < -0.4 is 18.9 Å².